The van der Waals surface area contributed by atoms with Crippen molar-refractivity contribution in [2.75, 3.05) is 5.73 Å². The fourth-order valence-corrected chi connectivity index (χ4v) is 1.63. The summed E-state index contributed by atoms with van der Waals surface area (Å²) in [7, 11) is 0. The lowest BCUT2D eigenvalue weighted by Gasteiger charge is -2.09. The van der Waals surface area contributed by atoms with Gasteiger partial charge in [0.25, 0.3) is 0 Å². The number of nitrogen functional groups attached to an aromatic ring is 1. The summed E-state index contributed by atoms with van der Waals surface area (Å²) in [5.74, 6) is -0.698. The van der Waals surface area contributed by atoms with E-state index in [4.69, 9.17) is 5.73 Å². The Morgan fingerprint density at radius 3 is 2.20 bits per heavy atom. The van der Waals surface area contributed by atoms with E-state index in [1.54, 1.807) is 0 Å². The summed E-state index contributed by atoms with van der Waals surface area (Å²) in [4.78, 5) is 0. The first-order valence-electron chi connectivity index (χ1n) is 5.10. The Balaban J connectivity index is 2.61. The van der Waals surface area contributed by atoms with Crippen LogP contribution < -0.4 is 5.73 Å². The highest BCUT2D eigenvalue weighted by Gasteiger charge is 2.40. The van der Waals surface area contributed by atoms with Crippen LogP contribution >= 0.6 is 0 Å². The van der Waals surface area contributed by atoms with Crippen molar-refractivity contribution in [2.45, 2.75) is 12.4 Å². The molecule has 0 bridgehead atoms. The van der Waals surface area contributed by atoms with E-state index in [2.05, 4.69) is 9.68 Å². The van der Waals surface area contributed by atoms with Crippen molar-refractivity contribution in [2.24, 2.45) is 0 Å². The molecule has 1 heterocycles. The van der Waals surface area contributed by atoms with Gasteiger partial charge in [-0.1, -0.05) is 17.3 Å². The molecule has 0 spiro atoms. The SMILES string of the molecule is Nc1onc(C(F)(F)F)c1-c1cccc(C(F)(F)F)c1. The number of nitrogens with zero attached hydrogens (tertiary/aromatic N) is 1. The van der Waals surface area contributed by atoms with Gasteiger partial charge in [-0.25, -0.2) is 0 Å². The maximum absolute atomic E-state index is 12.7. The maximum Gasteiger partial charge on any atom is 0.437 e. The standard InChI is InChI=1S/C11H6F6N2O/c12-10(13,14)6-3-1-2-5(4-6)7-8(11(15,16)17)19-20-9(7)18/h1-4H,18H2. The molecule has 2 rings (SSSR count). The van der Waals surface area contributed by atoms with Crippen LogP contribution in [-0.2, 0) is 12.4 Å². The molecule has 3 nitrogen and oxygen atoms in total. The van der Waals surface area contributed by atoms with Crippen LogP contribution in [0.15, 0.2) is 28.8 Å². The molecule has 2 aromatic rings. The van der Waals surface area contributed by atoms with Gasteiger partial charge in [0.05, 0.1) is 11.1 Å². The van der Waals surface area contributed by atoms with E-state index in [0.29, 0.717) is 6.07 Å². The van der Waals surface area contributed by atoms with E-state index in [9.17, 15) is 26.3 Å². The van der Waals surface area contributed by atoms with Gasteiger partial charge in [-0.2, -0.15) is 26.3 Å². The summed E-state index contributed by atoms with van der Waals surface area (Å²) in [6.45, 7) is 0. The summed E-state index contributed by atoms with van der Waals surface area (Å²) < 4.78 is 79.9. The van der Waals surface area contributed by atoms with Crippen LogP contribution in [0.3, 0.4) is 0 Å². The topological polar surface area (TPSA) is 52.0 Å². The predicted octanol–water partition coefficient (Wildman–Crippen LogP) is 3.96. The highest BCUT2D eigenvalue weighted by molar-refractivity contribution is 5.76. The van der Waals surface area contributed by atoms with Crippen molar-refractivity contribution < 1.29 is 30.9 Å². The monoisotopic (exact) mass is 296 g/mol. The Morgan fingerprint density at radius 2 is 1.65 bits per heavy atom. The van der Waals surface area contributed by atoms with Gasteiger partial charge < -0.3 is 10.3 Å². The third-order valence-electron chi connectivity index (χ3n) is 2.47. The van der Waals surface area contributed by atoms with Crippen molar-refractivity contribution in [1.29, 1.82) is 0 Å². The fraction of sp³-hybridized carbons (Fsp3) is 0.182. The van der Waals surface area contributed by atoms with Crippen LogP contribution in [0.5, 0.6) is 0 Å². The molecule has 0 aliphatic carbocycles. The molecule has 108 valence electrons. The predicted molar refractivity (Wildman–Crippen MR) is 56.4 cm³/mol. The third-order valence-corrected chi connectivity index (χ3v) is 2.47. The Kier molecular flexibility index (Phi) is 3.15. The largest absolute Gasteiger partial charge is 0.437 e. The second-order valence-electron chi connectivity index (χ2n) is 3.85. The lowest BCUT2D eigenvalue weighted by molar-refractivity contribution is -0.142. The van der Waals surface area contributed by atoms with Crippen LogP contribution in [-0.4, -0.2) is 5.16 Å². The summed E-state index contributed by atoms with van der Waals surface area (Å²) in [5, 5.41) is 2.75. The maximum atomic E-state index is 12.7. The molecule has 0 aliphatic heterocycles. The number of nitrogens with two attached hydrogens (primary N) is 1. The highest BCUT2D eigenvalue weighted by Crippen LogP contribution is 2.41. The number of anilines is 1. The van der Waals surface area contributed by atoms with E-state index in [1.807, 2.05) is 0 Å². The van der Waals surface area contributed by atoms with Gasteiger partial charge in [0.15, 0.2) is 5.69 Å². The molecular formula is C11H6F6N2O. The Labute approximate surface area is 108 Å². The van der Waals surface area contributed by atoms with Gasteiger partial charge in [0.2, 0.25) is 5.88 Å². The number of hydrogen-bond donors (Lipinski definition) is 1. The van der Waals surface area contributed by atoms with Crippen LogP contribution in [0.25, 0.3) is 11.1 Å². The van der Waals surface area contributed by atoms with Gasteiger partial charge in [-0.05, 0) is 17.7 Å². The summed E-state index contributed by atoms with van der Waals surface area (Å²) in [6.07, 6.45) is -9.56. The molecule has 2 N–H and O–H groups in total. The second-order valence-corrected chi connectivity index (χ2v) is 3.85. The van der Waals surface area contributed by atoms with Gasteiger partial charge in [-0.15, -0.1) is 0 Å². The average molecular weight is 296 g/mol. The zero-order chi connectivity index (χ0) is 15.1. The number of aromatic nitrogens is 1. The Morgan fingerprint density at radius 1 is 1.00 bits per heavy atom. The van der Waals surface area contributed by atoms with Gasteiger partial charge in [0.1, 0.15) is 0 Å². The van der Waals surface area contributed by atoms with Crippen molar-refractivity contribution in [1.82, 2.24) is 5.16 Å². The summed E-state index contributed by atoms with van der Waals surface area (Å²) >= 11 is 0. The lowest BCUT2D eigenvalue weighted by Crippen LogP contribution is -2.08. The van der Waals surface area contributed by atoms with E-state index in [-0.39, 0.29) is 5.56 Å². The van der Waals surface area contributed by atoms with Gasteiger partial charge >= 0.3 is 12.4 Å². The molecule has 0 unspecified atom stereocenters. The Bertz CT molecular complexity index is 629. The number of halogens is 6. The smallest absolute Gasteiger partial charge is 0.367 e. The number of benzene rings is 1. The molecule has 9 heteroatoms. The molecule has 0 amide bonds. The van der Waals surface area contributed by atoms with Crippen molar-refractivity contribution >= 4 is 5.88 Å². The quantitative estimate of drug-likeness (QED) is 0.810. The zero-order valence-corrected chi connectivity index (χ0v) is 9.51. The number of hydrogen-bond acceptors (Lipinski definition) is 3. The molecule has 0 saturated carbocycles. The molecule has 20 heavy (non-hydrogen) atoms. The zero-order valence-electron chi connectivity index (χ0n) is 9.51. The molecule has 0 saturated heterocycles. The van der Waals surface area contributed by atoms with Crippen LogP contribution in [0.1, 0.15) is 11.3 Å². The van der Waals surface area contributed by atoms with E-state index < -0.39 is 35.1 Å². The normalized spacial score (nSPS) is 12.7. The third kappa shape index (κ3) is 2.56. The van der Waals surface area contributed by atoms with Gasteiger partial charge in [-0.3, -0.25) is 0 Å². The average Bonchev–Trinajstić information content (AvgIpc) is 2.70. The molecule has 0 fully saturated rings. The van der Waals surface area contributed by atoms with Crippen LogP contribution in [0.4, 0.5) is 32.2 Å². The minimum Gasteiger partial charge on any atom is -0.367 e. The van der Waals surface area contributed by atoms with E-state index in [1.165, 1.54) is 0 Å². The number of alkyl halides is 6. The fourth-order valence-electron chi connectivity index (χ4n) is 1.63. The molecule has 1 aromatic heterocycles. The minimum absolute atomic E-state index is 0.370. The summed E-state index contributed by atoms with van der Waals surface area (Å²) in [5.41, 5.74) is 1.59. The van der Waals surface area contributed by atoms with E-state index in [0.717, 1.165) is 18.2 Å². The molecular weight excluding hydrogens is 290 g/mol. The molecule has 1 aromatic carbocycles. The Hall–Kier alpha value is -2.19. The minimum atomic E-state index is -4.88. The van der Waals surface area contributed by atoms with Crippen molar-refractivity contribution in [3.05, 3.63) is 35.5 Å². The second kappa shape index (κ2) is 4.43. The molecule has 0 atom stereocenters. The first-order valence-corrected chi connectivity index (χ1v) is 5.10. The number of rotatable bonds is 1. The van der Waals surface area contributed by atoms with Crippen molar-refractivity contribution in [3.63, 3.8) is 0 Å². The first-order chi connectivity index (χ1) is 9.10. The molecule has 0 aliphatic rings. The lowest BCUT2D eigenvalue weighted by atomic mass is 10.0. The van der Waals surface area contributed by atoms with Gasteiger partial charge in [0, 0.05) is 0 Å². The first kappa shape index (κ1) is 14.2. The summed E-state index contributed by atoms with van der Waals surface area (Å²) in [6, 6.07) is 3.33. The van der Waals surface area contributed by atoms with E-state index >= 15 is 0 Å². The van der Waals surface area contributed by atoms with Crippen molar-refractivity contribution in [3.8, 4) is 11.1 Å². The van der Waals surface area contributed by atoms with Crippen LogP contribution in [0.2, 0.25) is 0 Å². The van der Waals surface area contributed by atoms with Crippen LogP contribution in [0, 0.1) is 0 Å². The molecule has 0 radical (unpaired) electrons. The highest BCUT2D eigenvalue weighted by atomic mass is 19.4.